The van der Waals surface area contributed by atoms with Crippen LogP contribution >= 0.6 is 0 Å². The predicted octanol–water partition coefficient (Wildman–Crippen LogP) is 3.80. The zero-order valence-electron chi connectivity index (χ0n) is 15.0. The van der Waals surface area contributed by atoms with Gasteiger partial charge in [0, 0.05) is 19.1 Å². The molecule has 1 amide bonds. The van der Waals surface area contributed by atoms with E-state index >= 15 is 0 Å². The Hall–Kier alpha value is -2.43. The van der Waals surface area contributed by atoms with Gasteiger partial charge in [-0.3, -0.25) is 4.79 Å². The van der Waals surface area contributed by atoms with Crippen molar-refractivity contribution in [2.45, 2.75) is 52.1 Å². The van der Waals surface area contributed by atoms with Crippen molar-refractivity contribution in [3.05, 3.63) is 53.5 Å². The third-order valence-corrected chi connectivity index (χ3v) is 4.79. The number of anilines is 1. The van der Waals surface area contributed by atoms with Crippen LogP contribution in [0.1, 0.15) is 54.2 Å². The van der Waals surface area contributed by atoms with Crippen LogP contribution in [-0.4, -0.2) is 33.4 Å². The van der Waals surface area contributed by atoms with Crippen molar-refractivity contribution in [1.29, 1.82) is 0 Å². The van der Waals surface area contributed by atoms with Crippen molar-refractivity contribution < 1.29 is 4.79 Å². The third-order valence-electron chi connectivity index (χ3n) is 4.79. The van der Waals surface area contributed by atoms with Crippen LogP contribution in [0.5, 0.6) is 0 Å². The summed E-state index contributed by atoms with van der Waals surface area (Å²) in [5, 5.41) is 3.26. The van der Waals surface area contributed by atoms with Crippen molar-refractivity contribution in [1.82, 2.24) is 14.9 Å². The molecule has 2 heterocycles. The highest BCUT2D eigenvalue weighted by Crippen LogP contribution is 2.21. The molecule has 5 heteroatoms. The molecule has 1 unspecified atom stereocenters. The Morgan fingerprint density at radius 3 is 2.88 bits per heavy atom. The molecule has 1 saturated heterocycles. The molecule has 2 aromatic rings. The number of nitrogens with one attached hydrogen (secondary N) is 1. The van der Waals surface area contributed by atoms with Crippen LogP contribution in [0.25, 0.3) is 0 Å². The molecule has 0 radical (unpaired) electrons. The Morgan fingerprint density at radius 2 is 2.16 bits per heavy atom. The number of hydrogen-bond acceptors (Lipinski definition) is 4. The minimum absolute atomic E-state index is 0.00397. The maximum absolute atomic E-state index is 12.7. The number of aryl methyl sites for hydroxylation is 1. The molecule has 3 rings (SSSR count). The summed E-state index contributed by atoms with van der Waals surface area (Å²) in [7, 11) is 0. The largest absolute Gasteiger partial charge is 0.365 e. The van der Waals surface area contributed by atoms with Gasteiger partial charge in [-0.1, -0.05) is 36.8 Å². The lowest BCUT2D eigenvalue weighted by Crippen LogP contribution is -2.43. The summed E-state index contributed by atoms with van der Waals surface area (Å²) in [6, 6.07) is 8.67. The van der Waals surface area contributed by atoms with Gasteiger partial charge in [0.15, 0.2) is 0 Å². The van der Waals surface area contributed by atoms with Gasteiger partial charge in [-0.05, 0) is 38.2 Å². The van der Waals surface area contributed by atoms with Gasteiger partial charge in [0.2, 0.25) is 0 Å². The highest BCUT2D eigenvalue weighted by atomic mass is 16.2. The van der Waals surface area contributed by atoms with Gasteiger partial charge in [0.05, 0.1) is 12.4 Å². The number of rotatable bonds is 5. The maximum Gasteiger partial charge on any atom is 0.274 e. The number of aromatic nitrogens is 2. The fourth-order valence-electron chi connectivity index (χ4n) is 3.38. The third kappa shape index (κ3) is 4.35. The van der Waals surface area contributed by atoms with Gasteiger partial charge in [-0.2, -0.15) is 0 Å². The van der Waals surface area contributed by atoms with E-state index in [4.69, 9.17) is 0 Å². The quantitative estimate of drug-likeness (QED) is 0.901. The fourth-order valence-corrected chi connectivity index (χ4v) is 3.38. The van der Waals surface area contributed by atoms with E-state index in [9.17, 15) is 4.79 Å². The molecular weight excluding hydrogens is 312 g/mol. The van der Waals surface area contributed by atoms with Crippen LogP contribution in [0, 0.1) is 6.92 Å². The van der Waals surface area contributed by atoms with E-state index in [-0.39, 0.29) is 5.91 Å². The van der Waals surface area contributed by atoms with Gasteiger partial charge in [0.25, 0.3) is 5.91 Å². The Kier molecular flexibility index (Phi) is 5.64. The average Bonchev–Trinajstić information content (AvgIpc) is 2.66. The molecule has 0 saturated carbocycles. The van der Waals surface area contributed by atoms with Crippen LogP contribution in [-0.2, 0) is 6.54 Å². The number of likely N-dealkylation sites (tertiary alicyclic amines) is 1. The second-order valence-corrected chi connectivity index (χ2v) is 6.69. The molecule has 1 aliphatic rings. The van der Waals surface area contributed by atoms with Gasteiger partial charge in [-0.25, -0.2) is 9.97 Å². The molecule has 1 atom stereocenters. The molecule has 1 aromatic heterocycles. The molecular formula is C20H26N4O. The molecule has 132 valence electrons. The van der Waals surface area contributed by atoms with E-state index in [1.165, 1.54) is 17.5 Å². The number of amides is 1. The molecule has 1 fully saturated rings. The van der Waals surface area contributed by atoms with E-state index in [2.05, 4.69) is 47.3 Å². The summed E-state index contributed by atoms with van der Waals surface area (Å²) in [5.41, 5.74) is 2.86. The number of benzene rings is 1. The SMILES string of the molecule is CCC1CCCCN1C(=O)c1cnc(NCc2cccc(C)c2)cn1. The Morgan fingerprint density at radius 1 is 1.28 bits per heavy atom. The summed E-state index contributed by atoms with van der Waals surface area (Å²) >= 11 is 0. The molecule has 25 heavy (non-hydrogen) atoms. The Bertz CT molecular complexity index is 714. The number of carbonyl (C=O) groups is 1. The predicted molar refractivity (Wildman–Crippen MR) is 99.5 cm³/mol. The van der Waals surface area contributed by atoms with Crippen LogP contribution in [0.4, 0.5) is 5.82 Å². The summed E-state index contributed by atoms with van der Waals surface area (Å²) in [5.74, 6) is 0.688. The van der Waals surface area contributed by atoms with Gasteiger partial charge >= 0.3 is 0 Å². The first kappa shape index (κ1) is 17.4. The van der Waals surface area contributed by atoms with Gasteiger partial charge < -0.3 is 10.2 Å². The van der Waals surface area contributed by atoms with Crippen LogP contribution in [0.15, 0.2) is 36.7 Å². The lowest BCUT2D eigenvalue weighted by Gasteiger charge is -2.34. The van der Waals surface area contributed by atoms with Crippen molar-refractivity contribution >= 4 is 11.7 Å². The second-order valence-electron chi connectivity index (χ2n) is 6.69. The summed E-state index contributed by atoms with van der Waals surface area (Å²) in [4.78, 5) is 23.4. The van der Waals surface area contributed by atoms with E-state index in [0.29, 0.717) is 24.1 Å². The lowest BCUT2D eigenvalue weighted by molar-refractivity contribution is 0.0601. The van der Waals surface area contributed by atoms with E-state index < -0.39 is 0 Å². The molecule has 5 nitrogen and oxygen atoms in total. The van der Waals surface area contributed by atoms with Gasteiger partial charge in [0.1, 0.15) is 11.5 Å². The first-order valence-electron chi connectivity index (χ1n) is 9.10. The van der Waals surface area contributed by atoms with E-state index in [1.54, 1.807) is 12.4 Å². The van der Waals surface area contributed by atoms with Gasteiger partial charge in [-0.15, -0.1) is 0 Å². The van der Waals surface area contributed by atoms with Crippen LogP contribution in [0.3, 0.4) is 0 Å². The normalized spacial score (nSPS) is 17.4. The second kappa shape index (κ2) is 8.10. The molecule has 1 aromatic carbocycles. The first-order valence-corrected chi connectivity index (χ1v) is 9.10. The first-order chi connectivity index (χ1) is 12.2. The zero-order valence-corrected chi connectivity index (χ0v) is 15.0. The smallest absolute Gasteiger partial charge is 0.274 e. The van der Waals surface area contributed by atoms with Crippen molar-refractivity contribution in [3.63, 3.8) is 0 Å². The zero-order chi connectivity index (χ0) is 17.6. The fraction of sp³-hybridized carbons (Fsp3) is 0.450. The average molecular weight is 338 g/mol. The number of nitrogens with zero attached hydrogens (tertiary/aromatic N) is 3. The number of piperidine rings is 1. The Labute approximate surface area is 149 Å². The summed E-state index contributed by atoms with van der Waals surface area (Å²) in [6.45, 7) is 5.73. The standard InChI is InChI=1S/C20H26N4O/c1-3-17-9-4-5-10-24(17)20(25)18-13-23-19(14-21-18)22-12-16-8-6-7-15(2)11-16/h6-8,11,13-14,17H,3-5,9-10,12H2,1-2H3,(H,22,23). The highest BCUT2D eigenvalue weighted by molar-refractivity contribution is 5.92. The topological polar surface area (TPSA) is 58.1 Å². The summed E-state index contributed by atoms with van der Waals surface area (Å²) < 4.78 is 0. The maximum atomic E-state index is 12.7. The molecule has 0 spiro atoms. The Balaban J connectivity index is 1.62. The van der Waals surface area contributed by atoms with Crippen LogP contribution < -0.4 is 5.32 Å². The molecule has 1 aliphatic heterocycles. The molecule has 1 N–H and O–H groups in total. The number of hydrogen-bond donors (Lipinski definition) is 1. The molecule has 0 aliphatic carbocycles. The molecule has 0 bridgehead atoms. The minimum atomic E-state index is 0.00397. The van der Waals surface area contributed by atoms with E-state index in [0.717, 1.165) is 25.8 Å². The minimum Gasteiger partial charge on any atom is -0.365 e. The summed E-state index contributed by atoms with van der Waals surface area (Å²) in [6.07, 6.45) is 7.60. The van der Waals surface area contributed by atoms with Crippen molar-refractivity contribution in [2.24, 2.45) is 0 Å². The van der Waals surface area contributed by atoms with Crippen LogP contribution in [0.2, 0.25) is 0 Å². The van der Waals surface area contributed by atoms with Crippen molar-refractivity contribution in [3.8, 4) is 0 Å². The van der Waals surface area contributed by atoms with E-state index in [1.807, 2.05) is 11.0 Å². The lowest BCUT2D eigenvalue weighted by atomic mass is 10.00. The monoisotopic (exact) mass is 338 g/mol. The van der Waals surface area contributed by atoms with Crippen molar-refractivity contribution in [2.75, 3.05) is 11.9 Å². The highest BCUT2D eigenvalue weighted by Gasteiger charge is 2.27. The number of carbonyl (C=O) groups excluding carboxylic acids is 1.